The zero-order valence-corrected chi connectivity index (χ0v) is 13.9. The lowest BCUT2D eigenvalue weighted by molar-refractivity contribution is -0.135. The van der Waals surface area contributed by atoms with Crippen LogP contribution in [0.5, 0.6) is 5.75 Å². The summed E-state index contributed by atoms with van der Waals surface area (Å²) in [5, 5.41) is 25.4. The summed E-state index contributed by atoms with van der Waals surface area (Å²) in [5.41, 5.74) is 2.47. The molecule has 0 aliphatic heterocycles. The van der Waals surface area contributed by atoms with Crippen molar-refractivity contribution in [3.8, 4) is 22.6 Å². The number of amides is 1. The van der Waals surface area contributed by atoms with Crippen molar-refractivity contribution in [3.05, 3.63) is 60.2 Å². The number of pyridine rings is 1. The third-order valence-electron chi connectivity index (χ3n) is 3.84. The lowest BCUT2D eigenvalue weighted by atomic mass is 10.0. The Balaban J connectivity index is 1.90. The van der Waals surface area contributed by atoms with Crippen molar-refractivity contribution < 1.29 is 19.8 Å². The van der Waals surface area contributed by atoms with Gasteiger partial charge >= 0.3 is 5.97 Å². The van der Waals surface area contributed by atoms with Crippen molar-refractivity contribution in [2.45, 2.75) is 6.92 Å². The van der Waals surface area contributed by atoms with Crippen LogP contribution >= 0.6 is 0 Å². The minimum absolute atomic E-state index is 0.219. The first-order chi connectivity index (χ1) is 12.5. The van der Waals surface area contributed by atoms with Gasteiger partial charge in [0.05, 0.1) is 11.9 Å². The van der Waals surface area contributed by atoms with E-state index in [4.69, 9.17) is 5.11 Å². The standard InChI is InChI=1S/C18H16N4O4/c1-11-14(8-19-16(17(11)25)18(26)20-9-15(23)24)12-7-21-22(10-12)13-5-3-2-4-6-13/h2-8,10,25H,9H2,1H3,(H,20,26)(H,23,24). The Kier molecular flexibility index (Phi) is 4.66. The number of hydrogen-bond acceptors (Lipinski definition) is 5. The molecule has 0 bridgehead atoms. The summed E-state index contributed by atoms with van der Waals surface area (Å²) < 4.78 is 1.69. The largest absolute Gasteiger partial charge is 0.505 e. The number of carbonyl (C=O) groups is 2. The monoisotopic (exact) mass is 352 g/mol. The number of aromatic hydroxyl groups is 1. The summed E-state index contributed by atoms with van der Waals surface area (Å²) in [6, 6.07) is 9.54. The molecule has 0 aliphatic carbocycles. The highest BCUT2D eigenvalue weighted by molar-refractivity contribution is 5.97. The van der Waals surface area contributed by atoms with E-state index in [1.807, 2.05) is 30.3 Å². The van der Waals surface area contributed by atoms with Crippen LogP contribution in [0.3, 0.4) is 0 Å². The van der Waals surface area contributed by atoms with Crippen LogP contribution in [0.4, 0.5) is 0 Å². The minimum atomic E-state index is -1.18. The number of aromatic nitrogens is 3. The van der Waals surface area contributed by atoms with Gasteiger partial charge in [-0.2, -0.15) is 5.10 Å². The van der Waals surface area contributed by atoms with Crippen LogP contribution in [-0.4, -0.2) is 43.4 Å². The van der Waals surface area contributed by atoms with E-state index < -0.39 is 18.4 Å². The van der Waals surface area contributed by atoms with Crippen LogP contribution in [0.2, 0.25) is 0 Å². The molecule has 8 heteroatoms. The molecular formula is C18H16N4O4. The fourth-order valence-corrected chi connectivity index (χ4v) is 2.47. The number of nitrogens with zero attached hydrogens (tertiary/aromatic N) is 3. The Bertz CT molecular complexity index is 967. The Morgan fingerprint density at radius 1 is 1.19 bits per heavy atom. The normalized spacial score (nSPS) is 10.5. The summed E-state index contributed by atoms with van der Waals surface area (Å²) in [6.45, 7) is 1.10. The van der Waals surface area contributed by atoms with E-state index in [2.05, 4.69) is 15.4 Å². The average Bonchev–Trinajstić information content (AvgIpc) is 3.12. The quantitative estimate of drug-likeness (QED) is 0.644. The number of aliphatic carboxylic acids is 1. The zero-order valence-electron chi connectivity index (χ0n) is 13.9. The van der Waals surface area contributed by atoms with Gasteiger partial charge in [0.2, 0.25) is 0 Å². The molecule has 2 heterocycles. The molecule has 1 amide bonds. The maximum Gasteiger partial charge on any atom is 0.322 e. The van der Waals surface area contributed by atoms with Gasteiger partial charge < -0.3 is 15.5 Å². The third kappa shape index (κ3) is 3.39. The first kappa shape index (κ1) is 17.2. The van der Waals surface area contributed by atoms with E-state index >= 15 is 0 Å². The minimum Gasteiger partial charge on any atom is -0.505 e. The lowest BCUT2D eigenvalue weighted by Crippen LogP contribution is -2.30. The van der Waals surface area contributed by atoms with E-state index in [-0.39, 0.29) is 11.4 Å². The predicted molar refractivity (Wildman–Crippen MR) is 93.2 cm³/mol. The fraction of sp³-hybridized carbons (Fsp3) is 0.111. The van der Waals surface area contributed by atoms with E-state index in [1.54, 1.807) is 24.0 Å². The smallest absolute Gasteiger partial charge is 0.322 e. The van der Waals surface area contributed by atoms with Crippen LogP contribution < -0.4 is 5.32 Å². The van der Waals surface area contributed by atoms with Gasteiger partial charge in [-0.25, -0.2) is 9.67 Å². The summed E-state index contributed by atoms with van der Waals surface area (Å²) in [6.07, 6.45) is 4.89. The predicted octanol–water partition coefficient (Wildman–Crippen LogP) is 1.76. The molecular weight excluding hydrogens is 336 g/mol. The number of carbonyl (C=O) groups excluding carboxylic acids is 1. The van der Waals surface area contributed by atoms with Gasteiger partial charge in [-0.3, -0.25) is 9.59 Å². The molecule has 3 rings (SSSR count). The Hall–Kier alpha value is -3.68. The Morgan fingerprint density at radius 2 is 1.92 bits per heavy atom. The van der Waals surface area contributed by atoms with Crippen molar-refractivity contribution in [2.75, 3.05) is 6.54 Å². The van der Waals surface area contributed by atoms with Gasteiger partial charge in [0.25, 0.3) is 5.91 Å². The van der Waals surface area contributed by atoms with Gasteiger partial charge in [-0.15, -0.1) is 0 Å². The SMILES string of the molecule is Cc1c(-c2cnn(-c3ccccc3)c2)cnc(C(=O)NCC(=O)O)c1O. The van der Waals surface area contributed by atoms with Crippen LogP contribution in [0, 0.1) is 6.92 Å². The van der Waals surface area contributed by atoms with Gasteiger partial charge in [-0.05, 0) is 19.1 Å². The average molecular weight is 352 g/mol. The molecule has 0 fully saturated rings. The number of carboxylic acid groups (broad SMARTS) is 1. The van der Waals surface area contributed by atoms with Crippen molar-refractivity contribution in [3.63, 3.8) is 0 Å². The van der Waals surface area contributed by atoms with Gasteiger partial charge in [0, 0.05) is 29.1 Å². The molecule has 0 atom stereocenters. The van der Waals surface area contributed by atoms with Crippen LogP contribution in [0.25, 0.3) is 16.8 Å². The van der Waals surface area contributed by atoms with Gasteiger partial charge in [0.15, 0.2) is 5.69 Å². The third-order valence-corrected chi connectivity index (χ3v) is 3.84. The second-order valence-electron chi connectivity index (χ2n) is 5.58. The number of para-hydroxylation sites is 1. The van der Waals surface area contributed by atoms with Crippen molar-refractivity contribution in [1.82, 2.24) is 20.1 Å². The zero-order chi connectivity index (χ0) is 18.7. The van der Waals surface area contributed by atoms with E-state index in [0.29, 0.717) is 11.1 Å². The van der Waals surface area contributed by atoms with Crippen molar-refractivity contribution in [1.29, 1.82) is 0 Å². The molecule has 0 unspecified atom stereocenters. The molecule has 0 spiro atoms. The molecule has 132 valence electrons. The molecule has 26 heavy (non-hydrogen) atoms. The Labute approximate surface area is 148 Å². The van der Waals surface area contributed by atoms with E-state index in [9.17, 15) is 14.7 Å². The van der Waals surface area contributed by atoms with Gasteiger partial charge in [-0.1, -0.05) is 18.2 Å². The van der Waals surface area contributed by atoms with Crippen molar-refractivity contribution >= 4 is 11.9 Å². The molecule has 1 aromatic carbocycles. The second-order valence-corrected chi connectivity index (χ2v) is 5.58. The first-order valence-electron chi connectivity index (χ1n) is 7.76. The molecule has 3 N–H and O–H groups in total. The first-order valence-corrected chi connectivity index (χ1v) is 7.76. The number of nitrogens with one attached hydrogen (secondary N) is 1. The Morgan fingerprint density at radius 3 is 2.62 bits per heavy atom. The topological polar surface area (TPSA) is 117 Å². The fourth-order valence-electron chi connectivity index (χ4n) is 2.47. The summed E-state index contributed by atoms with van der Waals surface area (Å²) in [7, 11) is 0. The van der Waals surface area contributed by atoms with Crippen LogP contribution in [0.15, 0.2) is 48.9 Å². The van der Waals surface area contributed by atoms with Crippen LogP contribution in [0.1, 0.15) is 16.1 Å². The lowest BCUT2D eigenvalue weighted by Gasteiger charge is -2.10. The highest BCUT2D eigenvalue weighted by Gasteiger charge is 2.19. The highest BCUT2D eigenvalue weighted by atomic mass is 16.4. The van der Waals surface area contributed by atoms with Crippen LogP contribution in [-0.2, 0) is 4.79 Å². The maximum absolute atomic E-state index is 11.9. The molecule has 0 aliphatic rings. The second kappa shape index (κ2) is 7.06. The number of hydrogen-bond donors (Lipinski definition) is 3. The molecule has 0 radical (unpaired) electrons. The molecule has 0 saturated carbocycles. The van der Waals surface area contributed by atoms with E-state index in [1.165, 1.54) is 6.20 Å². The molecule has 3 aromatic rings. The highest BCUT2D eigenvalue weighted by Crippen LogP contribution is 2.30. The molecule has 8 nitrogen and oxygen atoms in total. The number of rotatable bonds is 5. The number of benzene rings is 1. The van der Waals surface area contributed by atoms with E-state index in [0.717, 1.165) is 11.3 Å². The summed E-state index contributed by atoms with van der Waals surface area (Å²) in [4.78, 5) is 26.5. The van der Waals surface area contributed by atoms with Crippen molar-refractivity contribution in [2.24, 2.45) is 0 Å². The van der Waals surface area contributed by atoms with Gasteiger partial charge in [0.1, 0.15) is 12.3 Å². The molecule has 2 aromatic heterocycles. The number of carboxylic acids is 1. The summed E-state index contributed by atoms with van der Waals surface area (Å²) >= 11 is 0. The molecule has 0 saturated heterocycles. The maximum atomic E-state index is 11.9. The summed E-state index contributed by atoms with van der Waals surface area (Å²) in [5.74, 6) is -2.23.